The van der Waals surface area contributed by atoms with Gasteiger partial charge in [-0.25, -0.2) is 4.98 Å². The molecule has 0 spiro atoms. The fourth-order valence-electron chi connectivity index (χ4n) is 3.38. The molecule has 1 aromatic heterocycles. The number of piperidine rings is 1. The van der Waals surface area contributed by atoms with Gasteiger partial charge in [0.1, 0.15) is 17.2 Å². The van der Waals surface area contributed by atoms with Crippen LogP contribution in [0.1, 0.15) is 19.8 Å². The first-order valence-electron chi connectivity index (χ1n) is 9.10. The summed E-state index contributed by atoms with van der Waals surface area (Å²) >= 11 is 6.10. The summed E-state index contributed by atoms with van der Waals surface area (Å²) in [5.74, 6) is 1.68. The molecule has 142 valence electrons. The highest BCUT2D eigenvalue weighted by Gasteiger charge is 2.38. The standard InChI is InChI=1S/C20H21ClN2O4/c1-13-18(27-17-7-3-2-6-16(17)25-13)20(24)23-11-8-14(9-12-23)26-19-15(21)5-4-10-22-19/h2-7,10,13-14,18H,8-9,11-12H2,1H3. The zero-order valence-electron chi connectivity index (χ0n) is 15.0. The molecule has 1 saturated heterocycles. The Balaban J connectivity index is 1.36. The zero-order chi connectivity index (χ0) is 18.8. The number of fused-ring (bicyclic) bond motifs is 1. The van der Waals surface area contributed by atoms with Crippen LogP contribution < -0.4 is 14.2 Å². The Labute approximate surface area is 163 Å². The predicted molar refractivity (Wildman–Crippen MR) is 100 cm³/mol. The number of nitrogens with zero attached hydrogens (tertiary/aromatic N) is 2. The number of hydrogen-bond acceptors (Lipinski definition) is 5. The van der Waals surface area contributed by atoms with Gasteiger partial charge in [-0.15, -0.1) is 0 Å². The van der Waals surface area contributed by atoms with Gasteiger partial charge in [0.05, 0.1) is 0 Å². The van der Waals surface area contributed by atoms with E-state index in [4.69, 9.17) is 25.8 Å². The number of carbonyl (C=O) groups is 1. The van der Waals surface area contributed by atoms with E-state index in [2.05, 4.69) is 4.98 Å². The number of halogens is 1. The lowest BCUT2D eigenvalue weighted by molar-refractivity contribution is -0.146. The SMILES string of the molecule is CC1Oc2ccccc2OC1C(=O)N1CCC(Oc2ncccc2Cl)CC1. The number of para-hydroxylation sites is 2. The molecule has 0 bridgehead atoms. The second-order valence-corrected chi connectivity index (χ2v) is 7.15. The van der Waals surface area contributed by atoms with E-state index in [1.807, 2.05) is 36.1 Å². The molecule has 0 radical (unpaired) electrons. The Kier molecular flexibility index (Phi) is 5.07. The van der Waals surface area contributed by atoms with Crippen LogP contribution in [-0.2, 0) is 4.79 Å². The van der Waals surface area contributed by atoms with Crippen molar-refractivity contribution in [3.8, 4) is 17.4 Å². The molecule has 0 N–H and O–H groups in total. The normalized spacial score (nSPS) is 22.4. The summed E-state index contributed by atoms with van der Waals surface area (Å²) in [6, 6.07) is 10.9. The van der Waals surface area contributed by atoms with Crippen molar-refractivity contribution >= 4 is 17.5 Å². The minimum Gasteiger partial charge on any atom is -0.482 e. The quantitative estimate of drug-likeness (QED) is 0.807. The summed E-state index contributed by atoms with van der Waals surface area (Å²) in [6.07, 6.45) is 2.10. The summed E-state index contributed by atoms with van der Waals surface area (Å²) < 4.78 is 17.7. The Hall–Kier alpha value is -2.47. The summed E-state index contributed by atoms with van der Waals surface area (Å²) in [7, 11) is 0. The third-order valence-corrected chi connectivity index (χ3v) is 5.13. The van der Waals surface area contributed by atoms with Crippen molar-refractivity contribution in [1.82, 2.24) is 9.88 Å². The van der Waals surface area contributed by atoms with E-state index in [9.17, 15) is 4.79 Å². The number of likely N-dealkylation sites (tertiary alicyclic amines) is 1. The second-order valence-electron chi connectivity index (χ2n) is 6.74. The number of amides is 1. The van der Waals surface area contributed by atoms with Crippen molar-refractivity contribution in [2.45, 2.75) is 38.1 Å². The molecule has 1 aromatic carbocycles. The minimum absolute atomic E-state index is 0.0110. The number of hydrogen-bond donors (Lipinski definition) is 0. The van der Waals surface area contributed by atoms with E-state index in [0.717, 1.165) is 12.8 Å². The molecule has 27 heavy (non-hydrogen) atoms. The molecule has 1 fully saturated rings. The van der Waals surface area contributed by atoms with E-state index in [1.165, 1.54) is 0 Å². The summed E-state index contributed by atoms with van der Waals surface area (Å²) in [5.41, 5.74) is 0. The maximum absolute atomic E-state index is 12.9. The van der Waals surface area contributed by atoms with Gasteiger partial charge in [0, 0.05) is 32.1 Å². The van der Waals surface area contributed by atoms with Gasteiger partial charge in [-0.2, -0.15) is 0 Å². The second kappa shape index (κ2) is 7.64. The molecule has 3 heterocycles. The van der Waals surface area contributed by atoms with Gasteiger partial charge < -0.3 is 19.1 Å². The molecular weight excluding hydrogens is 368 g/mol. The molecule has 1 amide bonds. The van der Waals surface area contributed by atoms with Gasteiger partial charge >= 0.3 is 0 Å². The van der Waals surface area contributed by atoms with E-state index >= 15 is 0 Å². The lowest BCUT2D eigenvalue weighted by atomic mass is 10.1. The lowest BCUT2D eigenvalue weighted by Gasteiger charge is -2.37. The van der Waals surface area contributed by atoms with Crippen LogP contribution in [0.5, 0.6) is 17.4 Å². The highest BCUT2D eigenvalue weighted by molar-refractivity contribution is 6.31. The molecule has 2 aliphatic rings. The van der Waals surface area contributed by atoms with Crippen LogP contribution in [0.15, 0.2) is 42.6 Å². The Morgan fingerprint density at radius 3 is 2.56 bits per heavy atom. The molecule has 0 saturated carbocycles. The Bertz CT molecular complexity index is 823. The average molecular weight is 389 g/mol. The highest BCUT2D eigenvalue weighted by Crippen LogP contribution is 2.34. The molecule has 0 aliphatic carbocycles. The van der Waals surface area contributed by atoms with Crippen LogP contribution in [0.2, 0.25) is 5.02 Å². The third-order valence-electron chi connectivity index (χ3n) is 4.84. The molecule has 4 rings (SSSR count). The summed E-state index contributed by atoms with van der Waals surface area (Å²) in [4.78, 5) is 18.9. The summed E-state index contributed by atoms with van der Waals surface area (Å²) in [6.45, 7) is 3.06. The maximum atomic E-state index is 12.9. The van der Waals surface area contributed by atoms with Crippen molar-refractivity contribution in [1.29, 1.82) is 0 Å². The third kappa shape index (κ3) is 3.81. The van der Waals surface area contributed by atoms with Gasteiger partial charge in [-0.1, -0.05) is 23.7 Å². The van der Waals surface area contributed by atoms with Crippen molar-refractivity contribution < 1.29 is 19.0 Å². The zero-order valence-corrected chi connectivity index (χ0v) is 15.8. The molecule has 2 aromatic rings. The number of ether oxygens (including phenoxy) is 3. The minimum atomic E-state index is -0.636. The predicted octanol–water partition coefficient (Wildman–Crippen LogP) is 3.33. The first-order chi connectivity index (χ1) is 13.1. The van der Waals surface area contributed by atoms with Crippen LogP contribution in [0.4, 0.5) is 0 Å². The van der Waals surface area contributed by atoms with Crippen LogP contribution in [0.3, 0.4) is 0 Å². The number of benzene rings is 1. The van der Waals surface area contributed by atoms with E-state index < -0.39 is 6.10 Å². The number of aromatic nitrogens is 1. The van der Waals surface area contributed by atoms with Crippen molar-refractivity contribution in [2.24, 2.45) is 0 Å². The number of pyridine rings is 1. The maximum Gasteiger partial charge on any atom is 0.267 e. The fourth-order valence-corrected chi connectivity index (χ4v) is 3.55. The van der Waals surface area contributed by atoms with Crippen LogP contribution in [-0.4, -0.2) is 47.2 Å². The van der Waals surface area contributed by atoms with Crippen LogP contribution in [0, 0.1) is 0 Å². The van der Waals surface area contributed by atoms with Crippen molar-refractivity contribution in [3.05, 3.63) is 47.6 Å². The average Bonchev–Trinajstić information content (AvgIpc) is 2.69. The van der Waals surface area contributed by atoms with E-state index in [0.29, 0.717) is 35.5 Å². The topological polar surface area (TPSA) is 60.9 Å². The van der Waals surface area contributed by atoms with Crippen LogP contribution in [0.25, 0.3) is 0 Å². The van der Waals surface area contributed by atoms with Crippen molar-refractivity contribution in [3.63, 3.8) is 0 Å². The lowest BCUT2D eigenvalue weighted by Crippen LogP contribution is -2.53. The molecular formula is C20H21ClN2O4. The van der Waals surface area contributed by atoms with E-state index in [1.54, 1.807) is 18.3 Å². The monoisotopic (exact) mass is 388 g/mol. The fraction of sp³-hybridized carbons (Fsp3) is 0.400. The largest absolute Gasteiger partial charge is 0.482 e. The van der Waals surface area contributed by atoms with E-state index in [-0.39, 0.29) is 18.1 Å². The smallest absolute Gasteiger partial charge is 0.267 e. The van der Waals surface area contributed by atoms with Crippen LogP contribution >= 0.6 is 11.6 Å². The first kappa shape index (κ1) is 17.9. The Morgan fingerprint density at radius 1 is 1.15 bits per heavy atom. The number of rotatable bonds is 3. The van der Waals surface area contributed by atoms with Gasteiger partial charge in [0.15, 0.2) is 11.5 Å². The van der Waals surface area contributed by atoms with Gasteiger partial charge in [0.25, 0.3) is 5.91 Å². The van der Waals surface area contributed by atoms with Gasteiger partial charge in [0.2, 0.25) is 12.0 Å². The molecule has 2 atom stereocenters. The molecule has 2 unspecified atom stereocenters. The van der Waals surface area contributed by atoms with Gasteiger partial charge in [-0.05, 0) is 31.2 Å². The van der Waals surface area contributed by atoms with Gasteiger partial charge in [-0.3, -0.25) is 4.79 Å². The Morgan fingerprint density at radius 2 is 1.85 bits per heavy atom. The number of carbonyl (C=O) groups excluding carboxylic acids is 1. The van der Waals surface area contributed by atoms with Crippen molar-refractivity contribution in [2.75, 3.05) is 13.1 Å². The first-order valence-corrected chi connectivity index (χ1v) is 9.48. The molecule has 7 heteroatoms. The molecule has 6 nitrogen and oxygen atoms in total. The highest BCUT2D eigenvalue weighted by atomic mass is 35.5. The molecule has 2 aliphatic heterocycles. The summed E-state index contributed by atoms with van der Waals surface area (Å²) in [5, 5.41) is 0.497.